The van der Waals surface area contributed by atoms with Crippen LogP contribution in [-0.2, 0) is 17.8 Å². The maximum absolute atomic E-state index is 14.4. The molecule has 9 heteroatoms. The fourth-order valence-corrected chi connectivity index (χ4v) is 3.38. The molecule has 0 saturated carbocycles. The van der Waals surface area contributed by atoms with Gasteiger partial charge in [-0.05, 0) is 44.4 Å². The highest BCUT2D eigenvalue weighted by molar-refractivity contribution is 6.01. The number of rotatable bonds is 7. The van der Waals surface area contributed by atoms with E-state index in [1.165, 1.54) is 10.6 Å². The van der Waals surface area contributed by atoms with Gasteiger partial charge < -0.3 is 20.1 Å². The first-order valence-electron chi connectivity index (χ1n) is 9.34. The summed E-state index contributed by atoms with van der Waals surface area (Å²) in [5, 5.41) is 21.1. The molecule has 4 N–H and O–H groups in total. The molecule has 1 aromatic heterocycles. The molecule has 0 saturated heterocycles. The van der Waals surface area contributed by atoms with Gasteiger partial charge in [0.2, 0.25) is 0 Å². The summed E-state index contributed by atoms with van der Waals surface area (Å²) < 4.78 is 15.9. The second kappa shape index (κ2) is 8.73. The van der Waals surface area contributed by atoms with E-state index in [4.69, 9.17) is 15.1 Å². The Morgan fingerprint density at radius 1 is 1.31 bits per heavy atom. The summed E-state index contributed by atoms with van der Waals surface area (Å²) in [7, 11) is 0. The number of benzene rings is 1. The van der Waals surface area contributed by atoms with E-state index in [0.717, 1.165) is 5.56 Å². The number of aryl methyl sites for hydroxylation is 1. The molecule has 1 aliphatic heterocycles. The molecular weight excluding hydrogens is 381 g/mol. The van der Waals surface area contributed by atoms with Crippen molar-refractivity contribution in [1.82, 2.24) is 10.0 Å². The summed E-state index contributed by atoms with van der Waals surface area (Å²) in [6, 6.07) is 4.62. The Kier molecular flexibility index (Phi) is 6.31. The van der Waals surface area contributed by atoms with Gasteiger partial charge in [-0.1, -0.05) is 6.07 Å². The van der Waals surface area contributed by atoms with Gasteiger partial charge in [-0.3, -0.25) is 14.4 Å². The number of hydroxylamine groups is 1. The van der Waals surface area contributed by atoms with E-state index in [1.807, 2.05) is 0 Å². The van der Waals surface area contributed by atoms with Gasteiger partial charge in [0.05, 0.1) is 30.2 Å². The topological polar surface area (TPSA) is 113 Å². The highest BCUT2D eigenvalue weighted by Gasteiger charge is 2.28. The number of hydrogen-bond donors (Lipinski definition) is 4. The molecule has 0 radical (unpaired) electrons. The van der Waals surface area contributed by atoms with Crippen LogP contribution in [0.2, 0.25) is 0 Å². The lowest BCUT2D eigenvalue weighted by molar-refractivity contribution is -0.0619. The molecule has 0 spiro atoms. The van der Waals surface area contributed by atoms with Crippen molar-refractivity contribution in [2.75, 3.05) is 18.5 Å². The fourth-order valence-electron chi connectivity index (χ4n) is 3.38. The normalized spacial score (nSPS) is 12.9. The Morgan fingerprint density at radius 2 is 2.03 bits per heavy atom. The fraction of sp³-hybridized carbons (Fsp3) is 0.400. The van der Waals surface area contributed by atoms with Crippen molar-refractivity contribution < 1.29 is 24.2 Å². The van der Waals surface area contributed by atoms with E-state index in [-0.39, 0.29) is 28.1 Å². The molecule has 0 fully saturated rings. The number of anilines is 2. The number of nitrogens with one attached hydrogen (secondary N) is 2. The van der Waals surface area contributed by atoms with Crippen LogP contribution >= 0.6 is 0 Å². The van der Waals surface area contributed by atoms with Crippen LogP contribution in [0.5, 0.6) is 0 Å². The molecule has 2 aromatic rings. The van der Waals surface area contributed by atoms with Crippen LogP contribution < -0.4 is 16.4 Å². The van der Waals surface area contributed by atoms with Crippen molar-refractivity contribution in [3.8, 4) is 0 Å². The van der Waals surface area contributed by atoms with Crippen molar-refractivity contribution in [2.45, 2.75) is 39.3 Å². The van der Waals surface area contributed by atoms with Crippen LogP contribution in [0.15, 0.2) is 23.0 Å². The van der Waals surface area contributed by atoms with Crippen LogP contribution in [0.25, 0.3) is 0 Å². The maximum atomic E-state index is 14.4. The molecule has 2 heterocycles. The average molecular weight is 405 g/mol. The molecule has 29 heavy (non-hydrogen) atoms. The quantitative estimate of drug-likeness (QED) is 0.517. The third-order valence-electron chi connectivity index (χ3n) is 4.94. The molecule has 0 unspecified atom stereocenters. The number of aromatic nitrogens is 1. The lowest BCUT2D eigenvalue weighted by Crippen LogP contribution is -2.36. The van der Waals surface area contributed by atoms with Crippen molar-refractivity contribution in [3.63, 3.8) is 0 Å². The SMILES string of the molecule is Cc1ccc(Nc2c(C(=O)NOC(CO)CO)c3n(c(=O)c2C)CCC3)c(F)c1. The Hall–Kier alpha value is -2.75. The minimum absolute atomic E-state index is 0.139. The largest absolute Gasteiger partial charge is 0.393 e. The first-order valence-corrected chi connectivity index (χ1v) is 9.34. The summed E-state index contributed by atoms with van der Waals surface area (Å²) in [6.07, 6.45) is 0.228. The monoisotopic (exact) mass is 405 g/mol. The van der Waals surface area contributed by atoms with Gasteiger partial charge >= 0.3 is 0 Å². The molecular formula is C20H24FN3O5. The number of fused-ring (bicyclic) bond motifs is 1. The van der Waals surface area contributed by atoms with E-state index < -0.39 is 31.0 Å². The summed E-state index contributed by atoms with van der Waals surface area (Å²) >= 11 is 0. The highest BCUT2D eigenvalue weighted by atomic mass is 19.1. The van der Waals surface area contributed by atoms with E-state index in [1.54, 1.807) is 26.0 Å². The first kappa shape index (κ1) is 21.0. The van der Waals surface area contributed by atoms with Gasteiger partial charge in [-0.15, -0.1) is 0 Å². The Labute approximate surface area is 166 Å². The van der Waals surface area contributed by atoms with Crippen LogP contribution in [0.1, 0.15) is 33.6 Å². The lowest BCUT2D eigenvalue weighted by atomic mass is 10.0. The molecule has 0 aliphatic carbocycles. The van der Waals surface area contributed by atoms with Crippen LogP contribution in [-0.4, -0.2) is 40.0 Å². The number of aliphatic hydroxyl groups is 2. The van der Waals surface area contributed by atoms with Crippen LogP contribution in [0.4, 0.5) is 15.8 Å². The van der Waals surface area contributed by atoms with Crippen molar-refractivity contribution in [1.29, 1.82) is 0 Å². The summed E-state index contributed by atoms with van der Waals surface area (Å²) in [6.45, 7) is 2.86. The van der Waals surface area contributed by atoms with E-state index in [2.05, 4.69) is 10.8 Å². The summed E-state index contributed by atoms with van der Waals surface area (Å²) in [5.41, 5.74) is 4.04. The third-order valence-corrected chi connectivity index (χ3v) is 4.94. The molecule has 156 valence electrons. The van der Waals surface area contributed by atoms with E-state index >= 15 is 0 Å². The number of nitrogens with zero attached hydrogens (tertiary/aromatic N) is 1. The van der Waals surface area contributed by atoms with Gasteiger partial charge in [-0.25, -0.2) is 9.87 Å². The highest BCUT2D eigenvalue weighted by Crippen LogP contribution is 2.30. The second-order valence-electron chi connectivity index (χ2n) is 7.03. The zero-order valence-electron chi connectivity index (χ0n) is 16.3. The van der Waals surface area contributed by atoms with E-state index in [9.17, 15) is 14.0 Å². The van der Waals surface area contributed by atoms with Crippen molar-refractivity contribution in [2.24, 2.45) is 0 Å². The third kappa shape index (κ3) is 4.16. The number of hydrogen-bond acceptors (Lipinski definition) is 6. The molecule has 8 nitrogen and oxygen atoms in total. The first-order chi connectivity index (χ1) is 13.9. The zero-order chi connectivity index (χ0) is 21.1. The molecule has 3 rings (SSSR count). The summed E-state index contributed by atoms with van der Waals surface area (Å²) in [5.74, 6) is -1.16. The van der Waals surface area contributed by atoms with Gasteiger partial charge in [0.15, 0.2) is 0 Å². The minimum Gasteiger partial charge on any atom is -0.393 e. The number of amides is 1. The predicted octanol–water partition coefficient (Wildman–Crippen LogP) is 1.31. The Bertz CT molecular complexity index is 985. The standard InChI is InChI=1S/C20H24FN3O5/c1-11-5-6-15(14(21)8-11)22-18-12(2)20(28)24-7-3-4-16(24)17(18)19(27)23-29-13(9-25)10-26/h5-6,8,13,22,25-26H,3-4,7,9-10H2,1-2H3,(H,23,27). The number of carbonyl (C=O) groups excluding carboxylic acids is 1. The maximum Gasteiger partial charge on any atom is 0.278 e. The van der Waals surface area contributed by atoms with Gasteiger partial charge in [-0.2, -0.15) is 0 Å². The molecule has 1 amide bonds. The number of aliphatic hydroxyl groups excluding tert-OH is 2. The number of pyridine rings is 1. The second-order valence-corrected chi connectivity index (χ2v) is 7.03. The summed E-state index contributed by atoms with van der Waals surface area (Å²) in [4.78, 5) is 30.7. The average Bonchev–Trinajstić information content (AvgIpc) is 3.18. The number of halogens is 1. The molecule has 0 bridgehead atoms. The smallest absolute Gasteiger partial charge is 0.278 e. The van der Waals surface area contributed by atoms with Gasteiger partial charge in [0, 0.05) is 17.8 Å². The Morgan fingerprint density at radius 3 is 2.69 bits per heavy atom. The molecule has 1 aromatic carbocycles. The zero-order valence-corrected chi connectivity index (χ0v) is 16.3. The molecule has 0 atom stereocenters. The lowest BCUT2D eigenvalue weighted by Gasteiger charge is -2.20. The minimum atomic E-state index is -0.981. The van der Waals surface area contributed by atoms with Gasteiger partial charge in [0.25, 0.3) is 11.5 Å². The Balaban J connectivity index is 2.06. The predicted molar refractivity (Wildman–Crippen MR) is 105 cm³/mol. The van der Waals surface area contributed by atoms with E-state index in [0.29, 0.717) is 25.1 Å². The van der Waals surface area contributed by atoms with Crippen LogP contribution in [0, 0.1) is 19.7 Å². The number of carbonyl (C=O) groups is 1. The van der Waals surface area contributed by atoms with Crippen molar-refractivity contribution >= 4 is 17.3 Å². The van der Waals surface area contributed by atoms with Crippen molar-refractivity contribution in [3.05, 3.63) is 56.8 Å². The van der Waals surface area contributed by atoms with Gasteiger partial charge in [0.1, 0.15) is 11.9 Å². The molecule has 1 aliphatic rings. The van der Waals surface area contributed by atoms with Crippen LogP contribution in [0.3, 0.4) is 0 Å².